The number of hydrogen-bond donors (Lipinski definition) is 1. The van der Waals surface area contributed by atoms with E-state index in [2.05, 4.69) is 15.3 Å². The number of hydrogen-bond acceptors (Lipinski definition) is 5. The Balaban J connectivity index is 2.20. The number of rotatable bonds is 7. The van der Waals surface area contributed by atoms with Crippen molar-refractivity contribution in [3.63, 3.8) is 0 Å². The average Bonchev–Trinajstić information content (AvgIpc) is 2.30. The van der Waals surface area contributed by atoms with E-state index in [0.717, 1.165) is 18.1 Å². The third-order valence-electron chi connectivity index (χ3n) is 1.79. The number of aromatic nitrogens is 2. The molecule has 0 saturated carbocycles. The van der Waals surface area contributed by atoms with Gasteiger partial charge in [-0.3, -0.25) is 4.98 Å². The first-order valence-electron chi connectivity index (χ1n) is 5.01. The van der Waals surface area contributed by atoms with Crippen LogP contribution >= 0.6 is 0 Å². The van der Waals surface area contributed by atoms with Crippen LogP contribution in [0.15, 0.2) is 12.4 Å². The number of ether oxygens (including phenoxy) is 2. The van der Waals surface area contributed by atoms with Gasteiger partial charge >= 0.3 is 0 Å². The fourth-order valence-electron chi connectivity index (χ4n) is 0.997. The van der Waals surface area contributed by atoms with Gasteiger partial charge in [0.15, 0.2) is 0 Å². The van der Waals surface area contributed by atoms with E-state index >= 15 is 0 Å². The fraction of sp³-hybridized carbons (Fsp3) is 0.600. The Morgan fingerprint density at radius 3 is 2.60 bits per heavy atom. The van der Waals surface area contributed by atoms with Gasteiger partial charge in [0.25, 0.3) is 0 Å². The van der Waals surface area contributed by atoms with E-state index in [-0.39, 0.29) is 0 Å². The van der Waals surface area contributed by atoms with Gasteiger partial charge in [-0.25, -0.2) is 4.98 Å². The molecule has 5 nitrogen and oxygen atoms in total. The summed E-state index contributed by atoms with van der Waals surface area (Å²) in [6.07, 6.45) is 3.38. The van der Waals surface area contributed by atoms with Crippen LogP contribution in [0.2, 0.25) is 0 Å². The molecule has 0 aliphatic heterocycles. The molecule has 0 aliphatic carbocycles. The molecule has 5 heteroatoms. The maximum atomic E-state index is 5.35. The first-order chi connectivity index (χ1) is 7.36. The van der Waals surface area contributed by atoms with Crippen molar-refractivity contribution in [2.45, 2.75) is 13.5 Å². The second-order valence-corrected chi connectivity index (χ2v) is 2.89. The molecule has 0 bridgehead atoms. The Morgan fingerprint density at radius 2 is 2.00 bits per heavy atom. The van der Waals surface area contributed by atoms with Gasteiger partial charge in [-0.05, 0) is 6.92 Å². The van der Waals surface area contributed by atoms with Crippen LogP contribution in [0.1, 0.15) is 12.6 Å². The molecule has 15 heavy (non-hydrogen) atoms. The summed E-state index contributed by atoms with van der Waals surface area (Å²) >= 11 is 0. The zero-order chi connectivity index (χ0) is 10.9. The van der Waals surface area contributed by atoms with Crippen molar-refractivity contribution in [1.82, 2.24) is 9.97 Å². The molecule has 0 spiro atoms. The summed E-state index contributed by atoms with van der Waals surface area (Å²) < 4.78 is 10.5. The van der Waals surface area contributed by atoms with Gasteiger partial charge in [0.1, 0.15) is 5.82 Å². The highest BCUT2D eigenvalue weighted by molar-refractivity contribution is 5.29. The van der Waals surface area contributed by atoms with Crippen LogP contribution in [0.4, 0.5) is 5.82 Å². The first-order valence-corrected chi connectivity index (χ1v) is 5.01. The summed E-state index contributed by atoms with van der Waals surface area (Å²) in [7, 11) is 1.81. The van der Waals surface area contributed by atoms with Crippen molar-refractivity contribution < 1.29 is 9.47 Å². The zero-order valence-corrected chi connectivity index (χ0v) is 9.19. The lowest BCUT2D eigenvalue weighted by Crippen LogP contribution is -2.05. The van der Waals surface area contributed by atoms with Gasteiger partial charge in [0.05, 0.1) is 37.9 Å². The Bertz CT molecular complexity index is 264. The predicted octanol–water partition coefficient (Wildman–Crippen LogP) is 1.07. The van der Waals surface area contributed by atoms with E-state index in [4.69, 9.17) is 9.47 Å². The van der Waals surface area contributed by atoms with Crippen molar-refractivity contribution in [2.24, 2.45) is 0 Å². The average molecular weight is 211 g/mol. The number of nitrogens with one attached hydrogen (secondary N) is 1. The molecular formula is C10H17N3O2. The highest BCUT2D eigenvalue weighted by atomic mass is 16.5. The van der Waals surface area contributed by atoms with Crippen LogP contribution in [0.25, 0.3) is 0 Å². The largest absolute Gasteiger partial charge is 0.379 e. The highest BCUT2D eigenvalue weighted by Gasteiger charge is 1.96. The third-order valence-corrected chi connectivity index (χ3v) is 1.79. The maximum Gasteiger partial charge on any atom is 0.144 e. The summed E-state index contributed by atoms with van der Waals surface area (Å²) in [5.74, 6) is 0.757. The molecule has 1 heterocycles. The van der Waals surface area contributed by atoms with Crippen LogP contribution in [0, 0.1) is 0 Å². The maximum absolute atomic E-state index is 5.35. The minimum atomic E-state index is 0.476. The molecule has 84 valence electrons. The van der Waals surface area contributed by atoms with Crippen molar-refractivity contribution in [3.05, 3.63) is 18.1 Å². The molecule has 0 amide bonds. The normalized spacial score (nSPS) is 10.3. The molecule has 1 aromatic heterocycles. The summed E-state index contributed by atoms with van der Waals surface area (Å²) in [4.78, 5) is 8.30. The van der Waals surface area contributed by atoms with Crippen molar-refractivity contribution in [3.8, 4) is 0 Å². The molecule has 1 rings (SSSR count). The van der Waals surface area contributed by atoms with E-state index in [1.54, 1.807) is 12.4 Å². The monoisotopic (exact) mass is 211 g/mol. The smallest absolute Gasteiger partial charge is 0.144 e. The molecule has 0 radical (unpaired) electrons. The van der Waals surface area contributed by atoms with Crippen LogP contribution in [0.3, 0.4) is 0 Å². The second-order valence-electron chi connectivity index (χ2n) is 2.89. The lowest BCUT2D eigenvalue weighted by Gasteiger charge is -2.04. The van der Waals surface area contributed by atoms with Gasteiger partial charge in [0, 0.05) is 13.7 Å². The summed E-state index contributed by atoms with van der Waals surface area (Å²) in [6.45, 7) is 4.37. The Hall–Kier alpha value is -1.20. The SMILES string of the molecule is CCOCCOCc1cnc(NC)cn1. The van der Waals surface area contributed by atoms with Gasteiger partial charge in [0.2, 0.25) is 0 Å². The Labute approximate surface area is 89.8 Å². The Morgan fingerprint density at radius 1 is 1.20 bits per heavy atom. The van der Waals surface area contributed by atoms with Crippen molar-refractivity contribution in [1.29, 1.82) is 0 Å². The van der Waals surface area contributed by atoms with Gasteiger partial charge in [-0.2, -0.15) is 0 Å². The second kappa shape index (κ2) is 7.14. The van der Waals surface area contributed by atoms with Crippen molar-refractivity contribution in [2.75, 3.05) is 32.2 Å². The van der Waals surface area contributed by atoms with E-state index in [1.807, 2.05) is 14.0 Å². The van der Waals surface area contributed by atoms with Gasteiger partial charge < -0.3 is 14.8 Å². The Kier molecular flexibility index (Phi) is 5.65. The molecule has 0 saturated heterocycles. The molecular weight excluding hydrogens is 194 g/mol. The standard InChI is InChI=1S/C10H17N3O2/c1-3-14-4-5-15-8-9-6-13-10(11-2)7-12-9/h6-7H,3-5,8H2,1-2H3,(H,11,13). The molecule has 1 N–H and O–H groups in total. The van der Waals surface area contributed by atoms with E-state index in [0.29, 0.717) is 19.8 Å². The summed E-state index contributed by atoms with van der Waals surface area (Å²) in [5.41, 5.74) is 0.825. The molecule has 0 aromatic carbocycles. The topological polar surface area (TPSA) is 56.3 Å². The minimum Gasteiger partial charge on any atom is -0.379 e. The van der Waals surface area contributed by atoms with Crippen LogP contribution in [-0.2, 0) is 16.1 Å². The molecule has 0 aliphatic rings. The third kappa shape index (κ3) is 4.71. The summed E-state index contributed by atoms with van der Waals surface area (Å²) in [6, 6.07) is 0. The zero-order valence-electron chi connectivity index (χ0n) is 9.19. The molecule has 0 fully saturated rings. The molecule has 1 aromatic rings. The van der Waals surface area contributed by atoms with Crippen LogP contribution in [0.5, 0.6) is 0 Å². The number of anilines is 1. The molecule has 0 unspecified atom stereocenters. The minimum absolute atomic E-state index is 0.476. The lowest BCUT2D eigenvalue weighted by molar-refractivity contribution is 0.0440. The predicted molar refractivity (Wildman–Crippen MR) is 57.7 cm³/mol. The van der Waals surface area contributed by atoms with E-state index < -0.39 is 0 Å². The molecule has 0 atom stereocenters. The van der Waals surface area contributed by atoms with Crippen molar-refractivity contribution >= 4 is 5.82 Å². The quantitative estimate of drug-likeness (QED) is 0.684. The highest BCUT2D eigenvalue weighted by Crippen LogP contribution is 2.00. The van der Waals surface area contributed by atoms with E-state index in [1.165, 1.54) is 0 Å². The van der Waals surface area contributed by atoms with Gasteiger partial charge in [-0.15, -0.1) is 0 Å². The fourth-order valence-corrected chi connectivity index (χ4v) is 0.997. The summed E-state index contributed by atoms with van der Waals surface area (Å²) in [5, 5.41) is 2.90. The van der Waals surface area contributed by atoms with Gasteiger partial charge in [-0.1, -0.05) is 0 Å². The first kappa shape index (κ1) is 11.9. The van der Waals surface area contributed by atoms with Crippen LogP contribution in [-0.4, -0.2) is 36.8 Å². The lowest BCUT2D eigenvalue weighted by atomic mass is 10.5. The van der Waals surface area contributed by atoms with Crippen LogP contribution < -0.4 is 5.32 Å². The van der Waals surface area contributed by atoms with E-state index in [9.17, 15) is 0 Å². The number of nitrogens with zero attached hydrogens (tertiary/aromatic N) is 2.